The Morgan fingerprint density at radius 3 is 2.52 bits per heavy atom. The molecule has 112 valence electrons. The fourth-order valence-corrected chi connectivity index (χ4v) is 5.19. The average Bonchev–Trinajstić information content (AvgIpc) is 2.47. The highest BCUT2D eigenvalue weighted by atomic mass is 79.9. The van der Waals surface area contributed by atoms with Gasteiger partial charge in [-0.3, -0.25) is 0 Å². The number of halogens is 2. The molecule has 21 heavy (non-hydrogen) atoms. The van der Waals surface area contributed by atoms with Crippen molar-refractivity contribution in [2.24, 2.45) is 11.3 Å². The summed E-state index contributed by atoms with van der Waals surface area (Å²) in [5, 5.41) is 1.77. The molecule has 2 unspecified atom stereocenters. The number of hydrogen-bond donors (Lipinski definition) is 0. The van der Waals surface area contributed by atoms with Gasteiger partial charge >= 0.3 is 0 Å². The second kappa shape index (κ2) is 5.72. The first kappa shape index (κ1) is 15.0. The van der Waals surface area contributed by atoms with Crippen LogP contribution in [0.5, 0.6) is 0 Å². The molecule has 0 nitrogen and oxygen atoms in total. The van der Waals surface area contributed by atoms with Crippen LogP contribution in [-0.4, -0.2) is 0 Å². The first-order valence-electron chi connectivity index (χ1n) is 7.82. The minimum absolute atomic E-state index is 0.128. The topological polar surface area (TPSA) is 0 Å². The summed E-state index contributed by atoms with van der Waals surface area (Å²) >= 11 is 3.95. The first-order valence-corrected chi connectivity index (χ1v) is 8.73. The molecule has 0 N–H and O–H groups in total. The van der Waals surface area contributed by atoms with Crippen molar-refractivity contribution in [3.8, 4) is 0 Å². The predicted molar refractivity (Wildman–Crippen MR) is 91.3 cm³/mol. The van der Waals surface area contributed by atoms with E-state index in [0.29, 0.717) is 16.2 Å². The molecule has 0 amide bonds. The molecule has 0 spiro atoms. The maximum Gasteiger partial charge on any atom is 0.131 e. The third-order valence-corrected chi connectivity index (χ3v) is 6.28. The summed E-state index contributed by atoms with van der Waals surface area (Å²) in [4.78, 5) is 0.290. The minimum Gasteiger partial charge on any atom is -0.206 e. The Morgan fingerprint density at radius 2 is 1.81 bits per heavy atom. The van der Waals surface area contributed by atoms with Crippen molar-refractivity contribution in [2.45, 2.75) is 44.4 Å². The first-order chi connectivity index (χ1) is 10.0. The smallest absolute Gasteiger partial charge is 0.131 e. The molecule has 0 saturated heterocycles. The summed E-state index contributed by atoms with van der Waals surface area (Å²) in [7, 11) is 0. The third-order valence-electron chi connectivity index (χ3n) is 5.14. The fraction of sp³-hybridized carbons (Fsp3) is 0.474. The quantitative estimate of drug-likeness (QED) is 0.534. The van der Waals surface area contributed by atoms with Crippen molar-refractivity contribution in [1.29, 1.82) is 0 Å². The van der Waals surface area contributed by atoms with E-state index in [1.54, 1.807) is 6.07 Å². The molecule has 2 heteroatoms. The van der Waals surface area contributed by atoms with Crippen molar-refractivity contribution in [3.05, 3.63) is 47.8 Å². The zero-order chi connectivity index (χ0) is 15.0. The maximum atomic E-state index is 14.0. The highest BCUT2D eigenvalue weighted by Gasteiger charge is 2.37. The molecule has 1 fully saturated rings. The minimum atomic E-state index is -0.128. The molecule has 0 aromatic heterocycles. The van der Waals surface area contributed by atoms with Gasteiger partial charge in [-0.15, -0.1) is 0 Å². The highest BCUT2D eigenvalue weighted by molar-refractivity contribution is 9.09. The second-order valence-electron chi connectivity index (χ2n) is 6.92. The SMILES string of the molecule is CC1(C)CCCCC1C(Br)c1ccc(F)c2ccccc12. The maximum absolute atomic E-state index is 14.0. The Balaban J connectivity index is 2.06. The zero-order valence-corrected chi connectivity index (χ0v) is 14.3. The van der Waals surface area contributed by atoms with E-state index in [-0.39, 0.29) is 5.82 Å². The molecule has 1 aliphatic rings. The van der Waals surface area contributed by atoms with E-state index in [9.17, 15) is 4.39 Å². The van der Waals surface area contributed by atoms with E-state index in [0.717, 1.165) is 10.8 Å². The van der Waals surface area contributed by atoms with Crippen molar-refractivity contribution >= 4 is 26.7 Å². The normalized spacial score (nSPS) is 23.1. The summed E-state index contributed by atoms with van der Waals surface area (Å²) in [6, 6.07) is 11.4. The van der Waals surface area contributed by atoms with Gasteiger partial charge in [-0.2, -0.15) is 0 Å². The number of benzene rings is 2. The van der Waals surface area contributed by atoms with Crippen molar-refractivity contribution in [2.75, 3.05) is 0 Å². The van der Waals surface area contributed by atoms with Crippen LogP contribution in [0, 0.1) is 17.2 Å². The van der Waals surface area contributed by atoms with Crippen LogP contribution in [0.4, 0.5) is 4.39 Å². The zero-order valence-electron chi connectivity index (χ0n) is 12.7. The summed E-state index contributed by atoms with van der Waals surface area (Å²) in [6.45, 7) is 4.74. The summed E-state index contributed by atoms with van der Waals surface area (Å²) in [6.07, 6.45) is 5.15. The molecular weight excluding hydrogens is 327 g/mol. The van der Waals surface area contributed by atoms with E-state index in [1.165, 1.54) is 31.2 Å². The molecule has 0 radical (unpaired) electrons. The van der Waals surface area contributed by atoms with Gasteiger partial charge in [0, 0.05) is 10.2 Å². The van der Waals surface area contributed by atoms with Gasteiger partial charge < -0.3 is 0 Å². The molecule has 2 aromatic rings. The van der Waals surface area contributed by atoms with Crippen LogP contribution in [0.15, 0.2) is 36.4 Å². The Labute approximate surface area is 134 Å². The van der Waals surface area contributed by atoms with Crippen LogP contribution < -0.4 is 0 Å². The van der Waals surface area contributed by atoms with Crippen LogP contribution in [0.25, 0.3) is 10.8 Å². The van der Waals surface area contributed by atoms with Gasteiger partial charge in [0.2, 0.25) is 0 Å². The van der Waals surface area contributed by atoms with Gasteiger partial charge in [0.15, 0.2) is 0 Å². The van der Waals surface area contributed by atoms with Crippen LogP contribution in [0.2, 0.25) is 0 Å². The summed E-state index contributed by atoms with van der Waals surface area (Å²) in [5.41, 5.74) is 1.56. The molecule has 1 saturated carbocycles. The lowest BCUT2D eigenvalue weighted by molar-refractivity contribution is 0.137. The Bertz CT molecular complexity index is 647. The summed E-state index contributed by atoms with van der Waals surface area (Å²) < 4.78 is 14.0. The number of rotatable bonds is 2. The van der Waals surface area contributed by atoms with Crippen LogP contribution in [0.1, 0.15) is 49.9 Å². The van der Waals surface area contributed by atoms with Crippen LogP contribution in [0.3, 0.4) is 0 Å². The molecular formula is C19H22BrF. The van der Waals surface area contributed by atoms with Crippen LogP contribution >= 0.6 is 15.9 Å². The lowest BCUT2D eigenvalue weighted by atomic mass is 9.66. The highest BCUT2D eigenvalue weighted by Crippen LogP contribution is 2.51. The number of fused-ring (bicyclic) bond motifs is 1. The molecule has 2 aromatic carbocycles. The average molecular weight is 349 g/mol. The Kier molecular flexibility index (Phi) is 4.09. The molecule has 0 bridgehead atoms. The second-order valence-corrected chi connectivity index (χ2v) is 7.91. The van der Waals surface area contributed by atoms with Crippen LogP contribution in [-0.2, 0) is 0 Å². The van der Waals surface area contributed by atoms with Crippen molar-refractivity contribution in [1.82, 2.24) is 0 Å². The molecule has 0 heterocycles. The molecule has 0 aliphatic heterocycles. The van der Waals surface area contributed by atoms with Gasteiger partial charge in [-0.1, -0.05) is 73.0 Å². The summed E-state index contributed by atoms with van der Waals surface area (Å²) in [5.74, 6) is 0.470. The number of hydrogen-bond acceptors (Lipinski definition) is 0. The Morgan fingerprint density at radius 1 is 1.10 bits per heavy atom. The lowest BCUT2D eigenvalue weighted by Crippen LogP contribution is -2.30. The predicted octanol–water partition coefficient (Wildman–Crippen LogP) is 6.63. The number of alkyl halides is 1. The van der Waals surface area contributed by atoms with Gasteiger partial charge in [0.25, 0.3) is 0 Å². The lowest BCUT2D eigenvalue weighted by Gasteiger charge is -2.41. The van der Waals surface area contributed by atoms with E-state index < -0.39 is 0 Å². The van der Waals surface area contributed by atoms with Gasteiger partial charge in [0.05, 0.1) is 0 Å². The van der Waals surface area contributed by atoms with Gasteiger partial charge in [0.1, 0.15) is 5.82 Å². The largest absolute Gasteiger partial charge is 0.206 e. The van der Waals surface area contributed by atoms with Crippen molar-refractivity contribution < 1.29 is 4.39 Å². The van der Waals surface area contributed by atoms with Gasteiger partial charge in [-0.05, 0) is 41.2 Å². The Hall–Kier alpha value is -0.890. The molecule has 1 aliphatic carbocycles. The monoisotopic (exact) mass is 348 g/mol. The van der Waals surface area contributed by atoms with E-state index in [1.807, 2.05) is 30.3 Å². The van der Waals surface area contributed by atoms with E-state index >= 15 is 0 Å². The fourth-order valence-electron chi connectivity index (χ4n) is 3.81. The van der Waals surface area contributed by atoms with E-state index in [4.69, 9.17) is 0 Å². The standard InChI is InChI=1S/C19H22BrF/c1-19(2)12-6-5-9-16(19)18(20)15-10-11-17(21)14-8-4-3-7-13(14)15/h3-4,7-8,10-11,16,18H,5-6,9,12H2,1-2H3. The van der Waals surface area contributed by atoms with Crippen molar-refractivity contribution in [3.63, 3.8) is 0 Å². The molecule has 3 rings (SSSR count). The van der Waals surface area contributed by atoms with Gasteiger partial charge in [-0.25, -0.2) is 4.39 Å². The molecule has 2 atom stereocenters. The third kappa shape index (κ3) is 2.75. The van der Waals surface area contributed by atoms with E-state index in [2.05, 4.69) is 29.8 Å².